The van der Waals surface area contributed by atoms with Crippen LogP contribution in [0.1, 0.15) is 5.56 Å². The number of nitro groups is 1. The number of nitro benzene ring substituents is 1. The zero-order valence-electron chi connectivity index (χ0n) is 9.51. The van der Waals surface area contributed by atoms with Crippen molar-refractivity contribution in [1.29, 1.82) is 0 Å². The summed E-state index contributed by atoms with van der Waals surface area (Å²) in [5.41, 5.74) is -0.181. The Morgan fingerprint density at radius 3 is 2.67 bits per heavy atom. The van der Waals surface area contributed by atoms with Gasteiger partial charge in [0.15, 0.2) is 4.90 Å². The van der Waals surface area contributed by atoms with E-state index >= 15 is 0 Å². The molecule has 0 aliphatic rings. The van der Waals surface area contributed by atoms with Crippen LogP contribution in [-0.4, -0.2) is 19.9 Å². The van der Waals surface area contributed by atoms with E-state index in [9.17, 15) is 18.5 Å². The topological polar surface area (TPSA) is 89.3 Å². The van der Waals surface area contributed by atoms with E-state index in [4.69, 9.17) is 11.6 Å². The molecule has 1 rings (SSSR count). The minimum Gasteiger partial charge on any atom is -0.258 e. The molecule has 0 aliphatic heterocycles. The lowest BCUT2D eigenvalue weighted by atomic mass is 10.2. The summed E-state index contributed by atoms with van der Waals surface area (Å²) in [6.45, 7) is 4.63. The molecule has 8 heteroatoms. The van der Waals surface area contributed by atoms with Crippen molar-refractivity contribution < 1.29 is 13.3 Å². The Balaban J connectivity index is 3.31. The van der Waals surface area contributed by atoms with Crippen LogP contribution in [0.5, 0.6) is 0 Å². The van der Waals surface area contributed by atoms with Crippen LogP contribution in [0.2, 0.25) is 0 Å². The molecule has 0 atom stereocenters. The molecule has 0 heterocycles. The van der Waals surface area contributed by atoms with Gasteiger partial charge >= 0.3 is 0 Å². The normalized spacial score (nSPS) is 11.2. The first-order valence-corrected chi connectivity index (χ1v) is 6.69. The smallest absolute Gasteiger partial charge is 0.258 e. The maximum Gasteiger partial charge on any atom is 0.289 e. The largest absolute Gasteiger partial charge is 0.289 e. The molecule has 0 saturated carbocycles. The molecule has 0 fully saturated rings. The summed E-state index contributed by atoms with van der Waals surface area (Å²) in [4.78, 5) is 9.74. The second kappa shape index (κ2) is 5.47. The minimum absolute atomic E-state index is 0.0924. The summed E-state index contributed by atoms with van der Waals surface area (Å²) in [5.74, 6) is 0. The highest BCUT2D eigenvalue weighted by atomic mass is 35.5. The summed E-state index contributed by atoms with van der Waals surface area (Å²) in [5, 5.41) is 10.9. The molecule has 1 N–H and O–H groups in total. The number of aryl methyl sites for hydroxylation is 1. The number of rotatable bonds is 5. The van der Waals surface area contributed by atoms with Gasteiger partial charge in [-0.1, -0.05) is 30.3 Å². The monoisotopic (exact) mass is 290 g/mol. The van der Waals surface area contributed by atoms with E-state index in [0.717, 1.165) is 6.07 Å². The van der Waals surface area contributed by atoms with Gasteiger partial charge in [-0.05, 0) is 12.5 Å². The fourth-order valence-corrected chi connectivity index (χ4v) is 2.94. The van der Waals surface area contributed by atoms with Gasteiger partial charge in [-0.15, -0.1) is 0 Å². The summed E-state index contributed by atoms with van der Waals surface area (Å²) in [6, 6.07) is 4.04. The average molecular weight is 291 g/mol. The van der Waals surface area contributed by atoms with E-state index in [1.807, 2.05) is 0 Å². The van der Waals surface area contributed by atoms with Crippen LogP contribution in [0, 0.1) is 17.0 Å². The van der Waals surface area contributed by atoms with Crippen molar-refractivity contribution in [2.24, 2.45) is 0 Å². The molecule has 0 unspecified atom stereocenters. The van der Waals surface area contributed by atoms with Crippen LogP contribution in [0.4, 0.5) is 5.69 Å². The van der Waals surface area contributed by atoms with Gasteiger partial charge in [0.1, 0.15) is 0 Å². The third-order valence-corrected chi connectivity index (χ3v) is 3.84. The minimum atomic E-state index is -4.00. The number of nitrogens with zero attached hydrogens (tertiary/aromatic N) is 1. The highest BCUT2D eigenvalue weighted by molar-refractivity contribution is 7.89. The third-order valence-electron chi connectivity index (χ3n) is 2.11. The van der Waals surface area contributed by atoms with Crippen LogP contribution in [0.25, 0.3) is 0 Å². The first-order valence-electron chi connectivity index (χ1n) is 4.82. The van der Waals surface area contributed by atoms with E-state index in [0.29, 0.717) is 0 Å². The van der Waals surface area contributed by atoms with Gasteiger partial charge in [0.05, 0.1) is 4.92 Å². The lowest BCUT2D eigenvalue weighted by molar-refractivity contribution is -0.387. The van der Waals surface area contributed by atoms with Gasteiger partial charge in [0.2, 0.25) is 10.0 Å². The van der Waals surface area contributed by atoms with Crippen LogP contribution in [-0.2, 0) is 10.0 Å². The van der Waals surface area contributed by atoms with Crippen LogP contribution < -0.4 is 4.72 Å². The standard InChI is InChI=1S/C10H11ClN2O4S/c1-7-4-3-5-9(13(14)15)10(7)18(16,17)12-6-8(2)11/h3-5,12H,2,6H2,1H3. The van der Waals surface area contributed by atoms with E-state index in [1.165, 1.54) is 19.1 Å². The molecule has 0 saturated heterocycles. The zero-order chi connectivity index (χ0) is 13.9. The SMILES string of the molecule is C=C(Cl)CNS(=O)(=O)c1c(C)cccc1[N+](=O)[O-]. The predicted octanol–water partition coefficient (Wildman–Crippen LogP) is 1.93. The molecular weight excluding hydrogens is 280 g/mol. The Morgan fingerprint density at radius 1 is 1.56 bits per heavy atom. The summed E-state index contributed by atoms with van der Waals surface area (Å²) >= 11 is 5.46. The second-order valence-electron chi connectivity index (χ2n) is 3.52. The molecule has 0 bridgehead atoms. The fourth-order valence-electron chi connectivity index (χ4n) is 1.38. The number of benzene rings is 1. The highest BCUT2D eigenvalue weighted by Gasteiger charge is 2.27. The van der Waals surface area contributed by atoms with Crippen LogP contribution in [0.3, 0.4) is 0 Å². The second-order valence-corrected chi connectivity index (χ2v) is 5.76. The lowest BCUT2D eigenvalue weighted by Gasteiger charge is -2.08. The Labute approximate surface area is 109 Å². The zero-order valence-corrected chi connectivity index (χ0v) is 11.1. The van der Waals surface area contributed by atoms with Crippen molar-refractivity contribution in [3.63, 3.8) is 0 Å². The number of hydrogen-bond donors (Lipinski definition) is 1. The van der Waals surface area contributed by atoms with Gasteiger partial charge in [0.25, 0.3) is 5.69 Å². The first-order chi connectivity index (χ1) is 8.25. The summed E-state index contributed by atoms with van der Waals surface area (Å²) in [7, 11) is -4.00. The van der Waals surface area contributed by atoms with Crippen LogP contribution in [0.15, 0.2) is 34.7 Å². The molecule has 98 valence electrons. The molecule has 0 aromatic heterocycles. The van der Waals surface area contributed by atoms with Gasteiger partial charge in [0, 0.05) is 17.6 Å². The predicted molar refractivity (Wildman–Crippen MR) is 68.0 cm³/mol. The fraction of sp³-hybridized carbons (Fsp3) is 0.200. The molecule has 1 aromatic carbocycles. The Morgan fingerprint density at radius 2 is 2.17 bits per heavy atom. The molecule has 18 heavy (non-hydrogen) atoms. The van der Waals surface area contributed by atoms with Gasteiger partial charge in [-0.2, -0.15) is 0 Å². The number of nitrogens with one attached hydrogen (secondary N) is 1. The van der Waals surface area contributed by atoms with Crippen molar-refractivity contribution in [1.82, 2.24) is 4.72 Å². The molecule has 1 aromatic rings. The molecule has 0 amide bonds. The summed E-state index contributed by atoms with van der Waals surface area (Å²) < 4.78 is 26.1. The van der Waals surface area contributed by atoms with Gasteiger partial charge in [-0.3, -0.25) is 10.1 Å². The maximum atomic E-state index is 12.0. The van der Waals surface area contributed by atoms with E-state index < -0.39 is 20.6 Å². The van der Waals surface area contributed by atoms with Crippen molar-refractivity contribution in [2.45, 2.75) is 11.8 Å². The quantitative estimate of drug-likeness (QED) is 0.663. The molecule has 0 radical (unpaired) electrons. The van der Waals surface area contributed by atoms with Gasteiger partial charge in [-0.25, -0.2) is 13.1 Å². The van der Waals surface area contributed by atoms with Gasteiger partial charge < -0.3 is 0 Å². The summed E-state index contributed by atoms with van der Waals surface area (Å²) in [6.07, 6.45) is 0. The molecule has 0 aliphatic carbocycles. The number of sulfonamides is 1. The lowest BCUT2D eigenvalue weighted by Crippen LogP contribution is -2.26. The Kier molecular flexibility index (Phi) is 4.44. The molecular formula is C10H11ClN2O4S. The number of halogens is 1. The van der Waals surface area contributed by atoms with Crippen molar-refractivity contribution in [3.8, 4) is 0 Å². The Hall–Kier alpha value is -1.44. The van der Waals surface area contributed by atoms with Crippen molar-refractivity contribution in [3.05, 3.63) is 45.5 Å². The van der Waals surface area contributed by atoms with Crippen LogP contribution >= 0.6 is 11.6 Å². The van der Waals surface area contributed by atoms with Crippen molar-refractivity contribution in [2.75, 3.05) is 6.54 Å². The van der Waals surface area contributed by atoms with E-state index in [2.05, 4.69) is 11.3 Å². The number of hydrogen-bond acceptors (Lipinski definition) is 4. The Bertz CT molecular complexity index is 598. The molecule has 0 spiro atoms. The average Bonchev–Trinajstić information content (AvgIpc) is 2.25. The van der Waals surface area contributed by atoms with E-state index in [1.54, 1.807) is 0 Å². The molecule has 6 nitrogen and oxygen atoms in total. The van der Waals surface area contributed by atoms with E-state index in [-0.39, 0.29) is 22.0 Å². The maximum absolute atomic E-state index is 12.0. The highest BCUT2D eigenvalue weighted by Crippen LogP contribution is 2.26. The first kappa shape index (κ1) is 14.6. The third kappa shape index (κ3) is 3.28. The van der Waals surface area contributed by atoms with Crippen molar-refractivity contribution >= 4 is 27.3 Å².